The average molecular weight is 333 g/mol. The lowest BCUT2D eigenvalue weighted by atomic mass is 10.1. The first-order valence-electron chi connectivity index (χ1n) is 6.90. The molecule has 0 radical (unpaired) electrons. The molecule has 0 spiro atoms. The smallest absolute Gasteiger partial charge is 0.263 e. The Morgan fingerprint density at radius 1 is 1.26 bits per heavy atom. The van der Waals surface area contributed by atoms with E-state index < -0.39 is 10.0 Å². The van der Waals surface area contributed by atoms with E-state index in [1.807, 2.05) is 13.8 Å². The molecule has 0 saturated carbocycles. The first-order chi connectivity index (χ1) is 11.0. The van der Waals surface area contributed by atoms with E-state index in [1.54, 1.807) is 18.2 Å². The molecule has 0 aliphatic heterocycles. The second kappa shape index (κ2) is 5.84. The van der Waals surface area contributed by atoms with Crippen LogP contribution in [-0.4, -0.2) is 28.8 Å². The molecule has 1 aromatic carbocycles. The number of anilines is 1. The lowest BCUT2D eigenvalue weighted by molar-refractivity contribution is 0.568. The lowest BCUT2D eigenvalue weighted by Crippen LogP contribution is -2.13. The maximum atomic E-state index is 12.5. The zero-order valence-corrected chi connectivity index (χ0v) is 13.3. The second-order valence-electron chi connectivity index (χ2n) is 5.24. The number of nitrogens with zero attached hydrogens (tertiary/aromatic N) is 3. The molecule has 120 valence electrons. The van der Waals surface area contributed by atoms with Gasteiger partial charge in [0.1, 0.15) is 0 Å². The number of H-pyrrole nitrogens is 1. The Labute approximate surface area is 133 Å². The third-order valence-corrected chi connectivity index (χ3v) is 4.56. The molecule has 0 amide bonds. The van der Waals surface area contributed by atoms with Gasteiger partial charge in [-0.25, -0.2) is 8.42 Å². The Hall–Kier alpha value is -2.68. The van der Waals surface area contributed by atoms with Crippen molar-refractivity contribution in [3.63, 3.8) is 0 Å². The van der Waals surface area contributed by atoms with Gasteiger partial charge in [-0.1, -0.05) is 19.9 Å². The molecule has 23 heavy (non-hydrogen) atoms. The highest BCUT2D eigenvalue weighted by Gasteiger charge is 2.18. The van der Waals surface area contributed by atoms with Crippen molar-refractivity contribution in [1.29, 1.82) is 0 Å². The minimum atomic E-state index is -3.76. The molecule has 0 saturated heterocycles. The Morgan fingerprint density at radius 2 is 2.09 bits per heavy atom. The van der Waals surface area contributed by atoms with Crippen molar-refractivity contribution < 1.29 is 12.8 Å². The number of benzene rings is 1. The molecular formula is C14H15N5O3S. The van der Waals surface area contributed by atoms with Crippen molar-refractivity contribution in [3.8, 4) is 11.5 Å². The molecule has 2 aromatic heterocycles. The Kier molecular flexibility index (Phi) is 3.87. The number of sulfonamides is 1. The van der Waals surface area contributed by atoms with E-state index in [0.29, 0.717) is 5.56 Å². The summed E-state index contributed by atoms with van der Waals surface area (Å²) in [5, 5.41) is 14.1. The molecule has 2 N–H and O–H groups in total. The van der Waals surface area contributed by atoms with Crippen LogP contribution in [-0.2, 0) is 10.0 Å². The van der Waals surface area contributed by atoms with Gasteiger partial charge in [-0.3, -0.25) is 9.82 Å². The predicted octanol–water partition coefficient (Wildman–Crippen LogP) is 2.38. The molecule has 3 rings (SSSR count). The Balaban J connectivity index is 1.88. The van der Waals surface area contributed by atoms with Crippen molar-refractivity contribution >= 4 is 15.8 Å². The molecule has 0 aliphatic carbocycles. The number of rotatable bonds is 5. The molecule has 0 aliphatic rings. The van der Waals surface area contributed by atoms with Crippen LogP contribution in [0.2, 0.25) is 0 Å². The molecule has 0 atom stereocenters. The lowest BCUT2D eigenvalue weighted by Gasteiger charge is -2.06. The summed E-state index contributed by atoms with van der Waals surface area (Å²) >= 11 is 0. The van der Waals surface area contributed by atoms with Crippen LogP contribution in [0.15, 0.2) is 46.0 Å². The van der Waals surface area contributed by atoms with Gasteiger partial charge >= 0.3 is 0 Å². The summed E-state index contributed by atoms with van der Waals surface area (Å²) in [6.45, 7) is 3.97. The van der Waals surface area contributed by atoms with Gasteiger partial charge in [-0.15, -0.1) is 10.2 Å². The summed E-state index contributed by atoms with van der Waals surface area (Å²) in [6.07, 6.45) is 1.19. The van der Waals surface area contributed by atoms with E-state index >= 15 is 0 Å². The predicted molar refractivity (Wildman–Crippen MR) is 83.2 cm³/mol. The fraction of sp³-hybridized carbons (Fsp3) is 0.214. The summed E-state index contributed by atoms with van der Waals surface area (Å²) in [6, 6.07) is 7.92. The standard InChI is InChI=1S/C14H15N5O3S/c1-9(2)12-7-13(17-16-12)19-23(20,21)11-5-3-4-10(6-11)14-18-15-8-22-14/h3-9H,1-2H3,(H2,16,17,19). The largest absolute Gasteiger partial charge is 0.423 e. The average Bonchev–Trinajstić information content (AvgIpc) is 3.18. The molecule has 2 heterocycles. The van der Waals surface area contributed by atoms with Gasteiger partial charge in [0.15, 0.2) is 5.82 Å². The zero-order valence-electron chi connectivity index (χ0n) is 12.5. The molecular weight excluding hydrogens is 318 g/mol. The highest BCUT2D eigenvalue weighted by Crippen LogP contribution is 2.22. The fourth-order valence-corrected chi connectivity index (χ4v) is 3.01. The number of aromatic nitrogens is 4. The van der Waals surface area contributed by atoms with Gasteiger partial charge in [0.05, 0.1) is 4.90 Å². The van der Waals surface area contributed by atoms with Crippen LogP contribution in [0.25, 0.3) is 11.5 Å². The summed E-state index contributed by atoms with van der Waals surface area (Å²) < 4.78 is 32.5. The van der Waals surface area contributed by atoms with E-state index in [9.17, 15) is 8.42 Å². The highest BCUT2D eigenvalue weighted by molar-refractivity contribution is 7.92. The summed E-state index contributed by atoms with van der Waals surface area (Å²) in [4.78, 5) is 0.0855. The van der Waals surface area contributed by atoms with Crippen molar-refractivity contribution in [2.75, 3.05) is 4.72 Å². The summed E-state index contributed by atoms with van der Waals surface area (Å²) in [5.74, 6) is 0.724. The first kappa shape index (κ1) is 15.2. The maximum Gasteiger partial charge on any atom is 0.263 e. The minimum Gasteiger partial charge on any atom is -0.423 e. The third kappa shape index (κ3) is 3.24. The minimum absolute atomic E-state index is 0.0855. The van der Waals surface area contributed by atoms with Crippen LogP contribution in [0.1, 0.15) is 25.5 Å². The van der Waals surface area contributed by atoms with Crippen molar-refractivity contribution in [3.05, 3.63) is 42.4 Å². The number of aromatic amines is 1. The van der Waals surface area contributed by atoms with Gasteiger partial charge in [0, 0.05) is 17.3 Å². The molecule has 8 nitrogen and oxygen atoms in total. The second-order valence-corrected chi connectivity index (χ2v) is 6.92. The number of hydrogen-bond acceptors (Lipinski definition) is 6. The summed E-state index contributed by atoms with van der Waals surface area (Å²) in [5.41, 5.74) is 1.37. The quantitative estimate of drug-likeness (QED) is 0.741. The van der Waals surface area contributed by atoms with Gasteiger partial charge in [-0.2, -0.15) is 5.10 Å². The topological polar surface area (TPSA) is 114 Å². The zero-order chi connectivity index (χ0) is 16.4. The van der Waals surface area contributed by atoms with Crippen LogP contribution in [0.3, 0.4) is 0 Å². The van der Waals surface area contributed by atoms with Crippen molar-refractivity contribution in [2.24, 2.45) is 0 Å². The van der Waals surface area contributed by atoms with Gasteiger partial charge < -0.3 is 4.42 Å². The van der Waals surface area contributed by atoms with E-state index in [1.165, 1.54) is 18.5 Å². The van der Waals surface area contributed by atoms with E-state index in [4.69, 9.17) is 4.42 Å². The highest BCUT2D eigenvalue weighted by atomic mass is 32.2. The fourth-order valence-electron chi connectivity index (χ4n) is 1.98. The van der Waals surface area contributed by atoms with E-state index in [0.717, 1.165) is 5.69 Å². The van der Waals surface area contributed by atoms with E-state index in [2.05, 4.69) is 25.1 Å². The maximum absolute atomic E-state index is 12.5. The number of nitrogens with one attached hydrogen (secondary N) is 2. The molecule has 9 heteroatoms. The molecule has 3 aromatic rings. The Morgan fingerprint density at radius 3 is 2.74 bits per heavy atom. The van der Waals surface area contributed by atoms with Crippen LogP contribution in [0.4, 0.5) is 5.82 Å². The molecule has 0 fully saturated rings. The monoisotopic (exact) mass is 333 g/mol. The van der Waals surface area contributed by atoms with Crippen molar-refractivity contribution in [1.82, 2.24) is 20.4 Å². The summed E-state index contributed by atoms with van der Waals surface area (Å²) in [7, 11) is -3.76. The van der Waals surface area contributed by atoms with Crippen LogP contribution < -0.4 is 4.72 Å². The number of hydrogen-bond donors (Lipinski definition) is 2. The van der Waals surface area contributed by atoms with Crippen LogP contribution in [0.5, 0.6) is 0 Å². The van der Waals surface area contributed by atoms with Gasteiger partial charge in [0.2, 0.25) is 12.3 Å². The third-order valence-electron chi connectivity index (χ3n) is 3.21. The SMILES string of the molecule is CC(C)c1cc(NS(=O)(=O)c2cccc(-c3nnco3)c2)n[nH]1. The molecule has 0 bridgehead atoms. The Bertz CT molecular complexity index is 900. The van der Waals surface area contributed by atoms with Gasteiger partial charge in [-0.05, 0) is 24.1 Å². The van der Waals surface area contributed by atoms with E-state index in [-0.39, 0.29) is 22.5 Å². The van der Waals surface area contributed by atoms with Gasteiger partial charge in [0.25, 0.3) is 10.0 Å². The first-order valence-corrected chi connectivity index (χ1v) is 8.39. The van der Waals surface area contributed by atoms with Crippen molar-refractivity contribution in [2.45, 2.75) is 24.7 Å². The molecule has 0 unspecified atom stereocenters. The normalized spacial score (nSPS) is 11.8. The van der Waals surface area contributed by atoms with Crippen LogP contribution >= 0.6 is 0 Å². The van der Waals surface area contributed by atoms with Crippen LogP contribution in [0, 0.1) is 0 Å².